The monoisotopic (exact) mass is 917 g/mol. The van der Waals surface area contributed by atoms with Crippen LogP contribution in [0.4, 0.5) is 0 Å². The molecule has 0 spiro atoms. The summed E-state index contributed by atoms with van der Waals surface area (Å²) in [6, 6.07) is -12.8. The quantitative estimate of drug-likeness (QED) is 0.0365. The molecule has 15 N–H and O–H groups in total. The molecule has 27 nitrogen and oxygen atoms in total. The summed E-state index contributed by atoms with van der Waals surface area (Å²) in [6.07, 6.45) is -4.18. The van der Waals surface area contributed by atoms with Gasteiger partial charge in [-0.3, -0.25) is 52.7 Å². The number of rotatable bonds is 27. The van der Waals surface area contributed by atoms with Gasteiger partial charge in [0.2, 0.25) is 47.3 Å². The Balaban J connectivity index is 3.18. The molecule has 0 radical (unpaired) electrons. The maximum atomic E-state index is 14.0. The first-order chi connectivity index (χ1) is 29.7. The first kappa shape index (κ1) is 55.5. The van der Waals surface area contributed by atoms with Crippen LogP contribution in [-0.4, -0.2) is 181 Å². The topological polar surface area (TPSA) is 440 Å². The fraction of sp³-hybridized carbons (Fsp3) is 0.676. The van der Waals surface area contributed by atoms with Gasteiger partial charge in [0.25, 0.3) is 0 Å². The van der Waals surface area contributed by atoms with Crippen molar-refractivity contribution in [3.63, 3.8) is 0 Å². The lowest BCUT2D eigenvalue weighted by molar-refractivity contribution is -0.145. The van der Waals surface area contributed by atoms with Gasteiger partial charge in [0.1, 0.15) is 36.3 Å². The maximum Gasteiger partial charge on any atom is 0.328 e. The third-order valence-corrected chi connectivity index (χ3v) is 9.65. The number of nitrogens with zero attached hydrogens (tertiary/aromatic N) is 1. The van der Waals surface area contributed by atoms with E-state index in [1.165, 1.54) is 0 Å². The minimum absolute atomic E-state index is 0.00761. The highest BCUT2D eigenvalue weighted by molar-refractivity contribution is 5.99. The van der Waals surface area contributed by atoms with Crippen molar-refractivity contribution in [2.24, 2.45) is 17.6 Å². The first-order valence-corrected chi connectivity index (χ1v) is 20.0. The van der Waals surface area contributed by atoms with Crippen LogP contribution in [0.1, 0.15) is 73.1 Å². The molecular weight excluding hydrogens is 858 g/mol. The summed E-state index contributed by atoms with van der Waals surface area (Å²) in [4.78, 5) is 152. The maximum absolute atomic E-state index is 14.0. The van der Waals surface area contributed by atoms with Crippen LogP contribution in [0.2, 0.25) is 0 Å². The van der Waals surface area contributed by atoms with Gasteiger partial charge in [-0.1, -0.05) is 27.7 Å². The van der Waals surface area contributed by atoms with Crippen LogP contribution >= 0.6 is 0 Å². The summed E-state index contributed by atoms with van der Waals surface area (Å²) in [5.74, 6) is -15.7. The molecule has 64 heavy (non-hydrogen) atoms. The van der Waals surface area contributed by atoms with Crippen LogP contribution in [0.5, 0.6) is 0 Å². The Morgan fingerprint density at radius 1 is 0.625 bits per heavy atom. The van der Waals surface area contributed by atoms with E-state index in [4.69, 9.17) is 15.9 Å². The van der Waals surface area contributed by atoms with E-state index in [1.54, 1.807) is 27.7 Å². The van der Waals surface area contributed by atoms with E-state index >= 15 is 0 Å². The third kappa shape index (κ3) is 18.1. The number of carbonyl (C=O) groups is 12. The van der Waals surface area contributed by atoms with Crippen molar-refractivity contribution in [1.29, 1.82) is 0 Å². The standard InChI is InChI=1S/C37H59N9O18/c1-15(2)27(44-30(56)18(38)8-9-24(50)51)35(61)45-28(16(3)4)36(62)46-10-6-7-22(46)34(60)41-20(12-26(54)55)32(58)40-19(11-25(52)53)33(59)42-21(14-47)31(57)39-13-23(49)43-29(17(5)48)37(63)64/h15-22,27-29,47-48H,6-14,38H2,1-5H3,(H,39,57)(H,40,58)(H,41,60)(H,42,59)(H,43,49)(H,44,56)(H,45,61)(H,50,51)(H,52,53)(H,54,55)(H,63,64)/t17-,18+,19+,20+,21+,22+,27+,28+,29+/m1/s1. The molecule has 360 valence electrons. The molecular formula is C37H59N9O18. The number of nitrogens with one attached hydrogen (secondary N) is 7. The number of aliphatic carboxylic acids is 4. The van der Waals surface area contributed by atoms with Crippen molar-refractivity contribution in [2.75, 3.05) is 19.7 Å². The summed E-state index contributed by atoms with van der Waals surface area (Å²) < 4.78 is 0. The minimum atomic E-state index is -2.06. The SMILES string of the molecule is CC(C)[C@H](NC(=O)[C@@H](N)CCC(=O)O)C(=O)N[C@H](C(=O)N1CCC[C@H]1C(=O)N[C@@H](CC(=O)O)C(=O)N[C@@H](CC(=O)O)C(=O)N[C@@H](CO)C(=O)NCC(=O)N[C@H](C(=O)O)[C@@H](C)O)C(C)C. The number of amides is 8. The molecule has 1 heterocycles. The van der Waals surface area contributed by atoms with Gasteiger partial charge in [0.15, 0.2) is 6.04 Å². The van der Waals surface area contributed by atoms with Gasteiger partial charge in [-0.15, -0.1) is 0 Å². The van der Waals surface area contributed by atoms with E-state index in [9.17, 15) is 78.0 Å². The molecule has 0 unspecified atom stereocenters. The van der Waals surface area contributed by atoms with Crippen molar-refractivity contribution >= 4 is 71.1 Å². The van der Waals surface area contributed by atoms with E-state index in [-0.39, 0.29) is 25.8 Å². The molecule has 0 saturated carbocycles. The fourth-order valence-electron chi connectivity index (χ4n) is 6.12. The summed E-state index contributed by atoms with van der Waals surface area (Å²) in [7, 11) is 0. The number of nitrogens with two attached hydrogens (primary N) is 1. The van der Waals surface area contributed by atoms with Gasteiger partial charge < -0.3 is 78.5 Å². The van der Waals surface area contributed by atoms with Crippen LogP contribution in [0.25, 0.3) is 0 Å². The highest BCUT2D eigenvalue weighted by atomic mass is 16.4. The smallest absolute Gasteiger partial charge is 0.328 e. The highest BCUT2D eigenvalue weighted by Crippen LogP contribution is 2.21. The summed E-state index contributed by atoms with van der Waals surface area (Å²) >= 11 is 0. The van der Waals surface area contributed by atoms with E-state index in [0.717, 1.165) is 11.8 Å². The van der Waals surface area contributed by atoms with Crippen molar-refractivity contribution < 1.29 is 88.2 Å². The van der Waals surface area contributed by atoms with Gasteiger partial charge in [0, 0.05) is 13.0 Å². The lowest BCUT2D eigenvalue weighted by atomic mass is 9.98. The number of hydrogen-bond acceptors (Lipinski definition) is 15. The average Bonchev–Trinajstić information content (AvgIpc) is 3.69. The van der Waals surface area contributed by atoms with Gasteiger partial charge in [0.05, 0.1) is 38.1 Å². The van der Waals surface area contributed by atoms with Gasteiger partial charge in [-0.05, 0) is 38.0 Å². The van der Waals surface area contributed by atoms with Crippen LogP contribution in [-0.2, 0) is 57.5 Å². The Morgan fingerprint density at radius 3 is 1.61 bits per heavy atom. The van der Waals surface area contributed by atoms with Crippen LogP contribution < -0.4 is 43.0 Å². The molecule has 1 fully saturated rings. The van der Waals surface area contributed by atoms with Crippen LogP contribution in [0, 0.1) is 11.8 Å². The van der Waals surface area contributed by atoms with Crippen LogP contribution in [0.3, 0.4) is 0 Å². The second-order valence-corrected chi connectivity index (χ2v) is 15.6. The molecule has 9 atom stereocenters. The number of carboxylic acids is 4. The Morgan fingerprint density at radius 2 is 1.14 bits per heavy atom. The lowest BCUT2D eigenvalue weighted by Gasteiger charge is -2.32. The third-order valence-electron chi connectivity index (χ3n) is 9.65. The first-order valence-electron chi connectivity index (χ1n) is 20.0. The normalized spacial score (nSPS) is 17.2. The molecule has 1 saturated heterocycles. The second kappa shape index (κ2) is 26.2. The fourth-order valence-corrected chi connectivity index (χ4v) is 6.12. The number of aliphatic hydroxyl groups excluding tert-OH is 2. The van der Waals surface area contributed by atoms with Gasteiger partial charge in [-0.25, -0.2) is 4.79 Å². The predicted molar refractivity (Wildman–Crippen MR) is 215 cm³/mol. The zero-order valence-electron chi connectivity index (χ0n) is 35.8. The Labute approximate surface area is 366 Å². The average molecular weight is 918 g/mol. The molecule has 0 aromatic heterocycles. The van der Waals surface area contributed by atoms with E-state index in [0.29, 0.717) is 0 Å². The summed E-state index contributed by atoms with van der Waals surface area (Å²) in [6.45, 7) is 5.37. The Bertz CT molecular complexity index is 1760. The number of hydrogen-bond donors (Lipinski definition) is 14. The van der Waals surface area contributed by atoms with Crippen LogP contribution in [0.15, 0.2) is 0 Å². The predicted octanol–water partition coefficient (Wildman–Crippen LogP) is -6.09. The van der Waals surface area contributed by atoms with Gasteiger partial charge in [-0.2, -0.15) is 0 Å². The molecule has 0 bridgehead atoms. The van der Waals surface area contributed by atoms with Crippen molar-refractivity contribution in [2.45, 2.75) is 128 Å². The molecule has 0 aromatic rings. The van der Waals surface area contributed by atoms with Crippen molar-refractivity contribution in [1.82, 2.24) is 42.1 Å². The van der Waals surface area contributed by atoms with E-state index in [1.807, 2.05) is 21.3 Å². The molecule has 1 aliphatic rings. The molecule has 27 heteroatoms. The number of aliphatic hydroxyl groups is 2. The van der Waals surface area contributed by atoms with Gasteiger partial charge >= 0.3 is 23.9 Å². The summed E-state index contributed by atoms with van der Waals surface area (Å²) in [5, 5.41) is 71.4. The van der Waals surface area contributed by atoms with E-state index < -0.39 is 170 Å². The van der Waals surface area contributed by atoms with E-state index in [2.05, 4.69) is 16.0 Å². The lowest BCUT2D eigenvalue weighted by Crippen LogP contribution is -2.61. The Kier molecular flexibility index (Phi) is 22.7. The minimum Gasteiger partial charge on any atom is -0.481 e. The second-order valence-electron chi connectivity index (χ2n) is 15.6. The molecule has 1 aliphatic heterocycles. The molecule has 8 amide bonds. The zero-order chi connectivity index (χ0) is 49.2. The largest absolute Gasteiger partial charge is 0.481 e. The molecule has 0 aromatic carbocycles. The Hall–Kier alpha value is -6.48. The number of carbonyl (C=O) groups excluding carboxylic acids is 8. The number of carboxylic acid groups (broad SMARTS) is 4. The molecule has 1 rings (SSSR count). The van der Waals surface area contributed by atoms with Crippen molar-refractivity contribution in [3.05, 3.63) is 0 Å². The van der Waals surface area contributed by atoms with Crippen molar-refractivity contribution in [3.8, 4) is 0 Å². The number of likely N-dealkylation sites (tertiary alicyclic amines) is 1. The molecule has 0 aliphatic carbocycles. The summed E-state index contributed by atoms with van der Waals surface area (Å²) in [5.41, 5.74) is 5.79. The zero-order valence-corrected chi connectivity index (χ0v) is 35.8. The highest BCUT2D eigenvalue weighted by Gasteiger charge is 2.41.